The van der Waals surface area contributed by atoms with E-state index in [-0.39, 0.29) is 12.4 Å². The SMILES string of the molecule is COCC(=O)c1ccccc1C1CCC1. The zero-order valence-corrected chi connectivity index (χ0v) is 9.03. The Morgan fingerprint density at radius 2 is 2.13 bits per heavy atom. The van der Waals surface area contributed by atoms with Crippen LogP contribution in [-0.2, 0) is 4.74 Å². The van der Waals surface area contributed by atoms with E-state index in [0.717, 1.165) is 5.56 Å². The van der Waals surface area contributed by atoms with Gasteiger partial charge in [-0.1, -0.05) is 30.7 Å². The maximum atomic E-state index is 11.8. The number of ketones is 1. The Morgan fingerprint density at radius 3 is 2.73 bits per heavy atom. The van der Waals surface area contributed by atoms with Gasteiger partial charge < -0.3 is 4.74 Å². The third kappa shape index (κ3) is 2.10. The lowest BCUT2D eigenvalue weighted by Crippen LogP contribution is -2.16. The van der Waals surface area contributed by atoms with Gasteiger partial charge in [-0.3, -0.25) is 4.79 Å². The van der Waals surface area contributed by atoms with E-state index in [2.05, 4.69) is 6.07 Å². The molecule has 0 amide bonds. The Kier molecular flexibility index (Phi) is 3.17. The van der Waals surface area contributed by atoms with Crippen LogP contribution in [0.3, 0.4) is 0 Å². The fourth-order valence-electron chi connectivity index (χ4n) is 2.04. The molecule has 1 aromatic rings. The molecule has 80 valence electrons. The summed E-state index contributed by atoms with van der Waals surface area (Å²) < 4.78 is 4.89. The van der Waals surface area contributed by atoms with Crippen molar-refractivity contribution in [2.24, 2.45) is 0 Å². The quantitative estimate of drug-likeness (QED) is 0.705. The summed E-state index contributed by atoms with van der Waals surface area (Å²) in [5.74, 6) is 0.696. The van der Waals surface area contributed by atoms with Crippen LogP contribution < -0.4 is 0 Å². The molecule has 2 rings (SSSR count). The van der Waals surface area contributed by atoms with Crippen molar-refractivity contribution in [2.45, 2.75) is 25.2 Å². The van der Waals surface area contributed by atoms with E-state index in [1.165, 1.54) is 24.8 Å². The normalized spacial score (nSPS) is 16.1. The van der Waals surface area contributed by atoms with E-state index >= 15 is 0 Å². The molecule has 0 heterocycles. The molecule has 0 spiro atoms. The van der Waals surface area contributed by atoms with Gasteiger partial charge in [-0.25, -0.2) is 0 Å². The van der Waals surface area contributed by atoms with Gasteiger partial charge in [0.25, 0.3) is 0 Å². The first-order valence-electron chi connectivity index (χ1n) is 5.44. The van der Waals surface area contributed by atoms with Crippen molar-refractivity contribution in [3.05, 3.63) is 35.4 Å². The first-order chi connectivity index (χ1) is 7.33. The van der Waals surface area contributed by atoms with Crippen LogP contribution in [0.15, 0.2) is 24.3 Å². The zero-order chi connectivity index (χ0) is 10.7. The van der Waals surface area contributed by atoms with Crippen LogP contribution in [0.25, 0.3) is 0 Å². The monoisotopic (exact) mass is 204 g/mol. The minimum Gasteiger partial charge on any atom is -0.377 e. The summed E-state index contributed by atoms with van der Waals surface area (Å²) in [4.78, 5) is 11.8. The van der Waals surface area contributed by atoms with Crippen LogP contribution in [0.1, 0.15) is 41.1 Å². The lowest BCUT2D eigenvalue weighted by molar-refractivity contribution is 0.0846. The molecule has 1 aliphatic carbocycles. The Morgan fingerprint density at radius 1 is 1.40 bits per heavy atom. The molecule has 0 atom stereocenters. The third-order valence-electron chi connectivity index (χ3n) is 3.08. The fourth-order valence-corrected chi connectivity index (χ4v) is 2.04. The van der Waals surface area contributed by atoms with Gasteiger partial charge >= 0.3 is 0 Å². The predicted octanol–water partition coefficient (Wildman–Crippen LogP) is 2.78. The lowest BCUT2D eigenvalue weighted by atomic mass is 9.77. The molecule has 0 aromatic heterocycles. The van der Waals surface area contributed by atoms with E-state index in [1.807, 2.05) is 18.2 Å². The molecule has 0 bridgehead atoms. The Bertz CT molecular complexity index is 353. The van der Waals surface area contributed by atoms with E-state index in [1.54, 1.807) is 7.11 Å². The lowest BCUT2D eigenvalue weighted by Gasteiger charge is -2.27. The molecule has 2 heteroatoms. The van der Waals surface area contributed by atoms with E-state index in [0.29, 0.717) is 5.92 Å². The van der Waals surface area contributed by atoms with Crippen molar-refractivity contribution in [2.75, 3.05) is 13.7 Å². The molecule has 1 aliphatic rings. The largest absolute Gasteiger partial charge is 0.377 e. The first kappa shape index (κ1) is 10.4. The molecule has 0 saturated heterocycles. The smallest absolute Gasteiger partial charge is 0.188 e. The van der Waals surface area contributed by atoms with Crippen LogP contribution in [0.5, 0.6) is 0 Å². The fraction of sp³-hybridized carbons (Fsp3) is 0.462. The van der Waals surface area contributed by atoms with Crippen molar-refractivity contribution in [1.29, 1.82) is 0 Å². The number of Topliss-reactive ketones (excluding diaryl/α,β-unsaturated/α-hetero) is 1. The highest BCUT2D eigenvalue weighted by atomic mass is 16.5. The van der Waals surface area contributed by atoms with Crippen LogP contribution in [0, 0.1) is 0 Å². The molecule has 15 heavy (non-hydrogen) atoms. The van der Waals surface area contributed by atoms with Crippen LogP contribution >= 0.6 is 0 Å². The third-order valence-corrected chi connectivity index (χ3v) is 3.08. The number of carbonyl (C=O) groups is 1. The number of hydrogen-bond acceptors (Lipinski definition) is 2. The second kappa shape index (κ2) is 4.58. The number of rotatable bonds is 4. The van der Waals surface area contributed by atoms with Gasteiger partial charge in [-0.05, 0) is 24.3 Å². The van der Waals surface area contributed by atoms with Gasteiger partial charge in [0.15, 0.2) is 5.78 Å². The summed E-state index contributed by atoms with van der Waals surface area (Å²) in [6.45, 7) is 0.184. The minimum absolute atomic E-state index is 0.0972. The average molecular weight is 204 g/mol. The van der Waals surface area contributed by atoms with Crippen molar-refractivity contribution < 1.29 is 9.53 Å². The Labute approximate surface area is 90.3 Å². The van der Waals surface area contributed by atoms with Crippen LogP contribution in [0.4, 0.5) is 0 Å². The molecular weight excluding hydrogens is 188 g/mol. The predicted molar refractivity (Wildman–Crippen MR) is 59.2 cm³/mol. The number of ether oxygens (including phenoxy) is 1. The number of benzene rings is 1. The second-order valence-electron chi connectivity index (χ2n) is 4.07. The molecule has 1 aromatic carbocycles. The highest BCUT2D eigenvalue weighted by molar-refractivity contribution is 5.98. The minimum atomic E-state index is 0.0972. The molecule has 0 radical (unpaired) electrons. The van der Waals surface area contributed by atoms with E-state index < -0.39 is 0 Å². The molecule has 2 nitrogen and oxygen atoms in total. The van der Waals surface area contributed by atoms with E-state index in [9.17, 15) is 4.79 Å². The Hall–Kier alpha value is -1.15. The van der Waals surface area contributed by atoms with E-state index in [4.69, 9.17) is 4.74 Å². The molecular formula is C13H16O2. The van der Waals surface area contributed by atoms with Crippen molar-refractivity contribution >= 4 is 5.78 Å². The number of carbonyl (C=O) groups excluding carboxylic acids is 1. The first-order valence-corrected chi connectivity index (χ1v) is 5.44. The molecule has 0 N–H and O–H groups in total. The summed E-state index contributed by atoms with van der Waals surface area (Å²) in [5, 5.41) is 0. The highest BCUT2D eigenvalue weighted by Gasteiger charge is 2.23. The summed E-state index contributed by atoms with van der Waals surface area (Å²) in [7, 11) is 1.56. The van der Waals surface area contributed by atoms with Gasteiger partial charge in [-0.15, -0.1) is 0 Å². The summed E-state index contributed by atoms with van der Waals surface area (Å²) in [5.41, 5.74) is 2.06. The van der Waals surface area contributed by atoms with Gasteiger partial charge in [0, 0.05) is 12.7 Å². The van der Waals surface area contributed by atoms with Crippen molar-refractivity contribution in [3.63, 3.8) is 0 Å². The summed E-state index contributed by atoms with van der Waals surface area (Å²) in [6, 6.07) is 7.92. The Balaban J connectivity index is 2.24. The van der Waals surface area contributed by atoms with Gasteiger partial charge in [0.05, 0.1) is 0 Å². The van der Waals surface area contributed by atoms with Crippen molar-refractivity contribution in [1.82, 2.24) is 0 Å². The standard InChI is InChI=1S/C13H16O2/c1-15-9-13(14)12-8-3-2-7-11(12)10-5-4-6-10/h2-3,7-8,10H,4-6,9H2,1H3. The van der Waals surface area contributed by atoms with Crippen molar-refractivity contribution in [3.8, 4) is 0 Å². The molecule has 0 unspecified atom stereocenters. The summed E-state index contributed by atoms with van der Waals surface area (Å²) in [6.07, 6.45) is 3.73. The topological polar surface area (TPSA) is 26.3 Å². The van der Waals surface area contributed by atoms with Gasteiger partial charge in [-0.2, -0.15) is 0 Å². The van der Waals surface area contributed by atoms with Gasteiger partial charge in [0.2, 0.25) is 0 Å². The van der Waals surface area contributed by atoms with Crippen LogP contribution in [-0.4, -0.2) is 19.5 Å². The molecule has 0 aliphatic heterocycles. The average Bonchev–Trinajstić information content (AvgIpc) is 2.16. The maximum absolute atomic E-state index is 11.8. The molecule has 1 saturated carbocycles. The molecule has 1 fully saturated rings. The zero-order valence-electron chi connectivity index (χ0n) is 9.03. The van der Waals surface area contributed by atoms with Gasteiger partial charge in [0.1, 0.15) is 6.61 Å². The van der Waals surface area contributed by atoms with Crippen LogP contribution in [0.2, 0.25) is 0 Å². The maximum Gasteiger partial charge on any atom is 0.188 e. The summed E-state index contributed by atoms with van der Waals surface area (Å²) >= 11 is 0. The second-order valence-corrected chi connectivity index (χ2v) is 4.07. The number of methoxy groups -OCH3 is 1. The highest BCUT2D eigenvalue weighted by Crippen LogP contribution is 2.37. The number of hydrogen-bond donors (Lipinski definition) is 0.